The van der Waals surface area contributed by atoms with Gasteiger partial charge < -0.3 is 9.64 Å². The molecule has 2 aromatic rings. The molecule has 4 nitrogen and oxygen atoms in total. The van der Waals surface area contributed by atoms with E-state index in [1.807, 2.05) is 11.3 Å². The zero-order chi connectivity index (χ0) is 15.3. The number of ether oxygens (including phenoxy) is 1. The highest BCUT2D eigenvalue weighted by Crippen LogP contribution is 2.40. The summed E-state index contributed by atoms with van der Waals surface area (Å²) in [6, 6.07) is 0. The van der Waals surface area contributed by atoms with Gasteiger partial charge in [0.25, 0.3) is 0 Å². The lowest BCUT2D eigenvalue weighted by Crippen LogP contribution is -2.46. The van der Waals surface area contributed by atoms with Crippen LogP contribution in [0.2, 0.25) is 0 Å². The van der Waals surface area contributed by atoms with Crippen molar-refractivity contribution in [1.82, 2.24) is 9.97 Å². The highest BCUT2D eigenvalue weighted by molar-refractivity contribution is 7.19. The molecule has 1 saturated heterocycles. The van der Waals surface area contributed by atoms with Crippen LogP contribution in [-0.4, -0.2) is 35.3 Å². The Morgan fingerprint density at radius 3 is 2.73 bits per heavy atom. The number of nitrogens with zero attached hydrogens (tertiary/aromatic N) is 3. The summed E-state index contributed by atoms with van der Waals surface area (Å²) in [5, 5.41) is 1.32. The van der Waals surface area contributed by atoms with Gasteiger partial charge in [-0.1, -0.05) is 6.92 Å². The van der Waals surface area contributed by atoms with Crippen molar-refractivity contribution in [1.29, 1.82) is 0 Å². The summed E-state index contributed by atoms with van der Waals surface area (Å²) in [5.41, 5.74) is 1.51. The molecule has 2 aliphatic rings. The van der Waals surface area contributed by atoms with Crippen LogP contribution in [0.25, 0.3) is 10.2 Å². The first-order chi connectivity index (χ1) is 10.6. The minimum Gasteiger partial charge on any atom is -0.372 e. The van der Waals surface area contributed by atoms with Crippen molar-refractivity contribution >= 4 is 27.4 Å². The van der Waals surface area contributed by atoms with Crippen molar-refractivity contribution in [3.8, 4) is 0 Å². The van der Waals surface area contributed by atoms with Crippen LogP contribution in [-0.2, 0) is 17.6 Å². The Hall–Kier alpha value is -1.20. The number of hydrogen-bond acceptors (Lipinski definition) is 5. The third-order valence-corrected chi connectivity index (χ3v) is 5.95. The fourth-order valence-corrected chi connectivity index (χ4v) is 5.19. The third-order valence-electron chi connectivity index (χ3n) is 4.79. The number of aromatic nitrogens is 2. The molecule has 5 heteroatoms. The Balaban J connectivity index is 1.81. The van der Waals surface area contributed by atoms with E-state index >= 15 is 0 Å². The van der Waals surface area contributed by atoms with E-state index < -0.39 is 0 Å². The number of morpholine rings is 1. The van der Waals surface area contributed by atoms with Gasteiger partial charge in [-0.05, 0) is 44.6 Å². The number of fused-ring (bicyclic) bond motifs is 3. The molecule has 3 heterocycles. The number of rotatable bonds is 1. The maximum Gasteiger partial charge on any atom is 0.141 e. The van der Waals surface area contributed by atoms with Crippen LogP contribution in [0, 0.1) is 5.92 Å². The van der Waals surface area contributed by atoms with Gasteiger partial charge in [0, 0.05) is 18.0 Å². The van der Waals surface area contributed by atoms with Crippen LogP contribution >= 0.6 is 11.3 Å². The summed E-state index contributed by atoms with van der Waals surface area (Å²) in [5.74, 6) is 1.92. The Morgan fingerprint density at radius 1 is 1.18 bits per heavy atom. The van der Waals surface area contributed by atoms with Crippen molar-refractivity contribution in [2.45, 2.75) is 52.2 Å². The second-order valence-corrected chi connectivity index (χ2v) is 7.98. The van der Waals surface area contributed by atoms with Gasteiger partial charge in [-0.25, -0.2) is 9.97 Å². The molecule has 0 spiro atoms. The maximum atomic E-state index is 5.88. The van der Waals surface area contributed by atoms with E-state index in [0.29, 0.717) is 0 Å². The Morgan fingerprint density at radius 2 is 1.95 bits per heavy atom. The van der Waals surface area contributed by atoms with E-state index in [1.54, 1.807) is 6.33 Å². The molecule has 0 saturated carbocycles. The molecule has 1 aliphatic heterocycles. The second-order valence-electron chi connectivity index (χ2n) is 6.89. The number of aryl methyl sites for hydroxylation is 1. The van der Waals surface area contributed by atoms with Gasteiger partial charge in [-0.3, -0.25) is 0 Å². The summed E-state index contributed by atoms with van der Waals surface area (Å²) in [7, 11) is 0. The first-order valence-electron chi connectivity index (χ1n) is 8.27. The highest BCUT2D eigenvalue weighted by atomic mass is 32.1. The first-order valence-corrected chi connectivity index (χ1v) is 9.09. The van der Waals surface area contributed by atoms with Crippen LogP contribution < -0.4 is 4.90 Å². The summed E-state index contributed by atoms with van der Waals surface area (Å²) in [6.45, 7) is 8.47. The smallest absolute Gasteiger partial charge is 0.141 e. The average molecular weight is 317 g/mol. The molecule has 22 heavy (non-hydrogen) atoms. The molecule has 3 atom stereocenters. The zero-order valence-electron chi connectivity index (χ0n) is 13.5. The van der Waals surface area contributed by atoms with Gasteiger partial charge >= 0.3 is 0 Å². The van der Waals surface area contributed by atoms with E-state index in [9.17, 15) is 0 Å². The van der Waals surface area contributed by atoms with E-state index in [0.717, 1.165) is 29.7 Å². The van der Waals surface area contributed by atoms with Gasteiger partial charge in [-0.15, -0.1) is 11.3 Å². The highest BCUT2D eigenvalue weighted by Gasteiger charge is 2.28. The van der Waals surface area contributed by atoms with Crippen molar-refractivity contribution in [3.63, 3.8) is 0 Å². The van der Waals surface area contributed by atoms with Crippen molar-refractivity contribution in [2.75, 3.05) is 18.0 Å². The molecular weight excluding hydrogens is 294 g/mol. The molecule has 118 valence electrons. The van der Waals surface area contributed by atoms with Crippen LogP contribution in [0.15, 0.2) is 6.33 Å². The molecule has 2 aromatic heterocycles. The van der Waals surface area contributed by atoms with E-state index in [2.05, 4.69) is 35.6 Å². The molecule has 1 aliphatic carbocycles. The first kappa shape index (κ1) is 14.4. The van der Waals surface area contributed by atoms with E-state index in [-0.39, 0.29) is 12.2 Å². The van der Waals surface area contributed by atoms with Crippen LogP contribution in [0.3, 0.4) is 0 Å². The molecule has 0 aromatic carbocycles. The van der Waals surface area contributed by atoms with Gasteiger partial charge in [-0.2, -0.15) is 0 Å². The van der Waals surface area contributed by atoms with E-state index in [1.165, 1.54) is 35.1 Å². The fraction of sp³-hybridized carbons (Fsp3) is 0.647. The van der Waals surface area contributed by atoms with Gasteiger partial charge in [0.1, 0.15) is 17.0 Å². The Kier molecular flexibility index (Phi) is 3.57. The SMILES string of the molecule is C[C@@H]1CCc2c(sc3ncnc(N4C[C@@H](C)O[C@H](C)C4)c23)C1. The van der Waals surface area contributed by atoms with Gasteiger partial charge in [0.15, 0.2) is 0 Å². The third kappa shape index (κ3) is 2.40. The minimum atomic E-state index is 0.253. The number of anilines is 1. The maximum absolute atomic E-state index is 5.88. The monoisotopic (exact) mass is 317 g/mol. The van der Waals surface area contributed by atoms with Crippen molar-refractivity contribution in [2.24, 2.45) is 5.92 Å². The summed E-state index contributed by atoms with van der Waals surface area (Å²) in [6.07, 6.45) is 5.89. The lowest BCUT2D eigenvalue weighted by Gasteiger charge is -2.36. The Labute approximate surface area is 135 Å². The topological polar surface area (TPSA) is 38.2 Å². The predicted molar refractivity (Wildman–Crippen MR) is 90.8 cm³/mol. The van der Waals surface area contributed by atoms with Crippen LogP contribution in [0.4, 0.5) is 5.82 Å². The zero-order valence-corrected chi connectivity index (χ0v) is 14.3. The summed E-state index contributed by atoms with van der Waals surface area (Å²) < 4.78 is 5.88. The standard InChI is InChI=1S/C17H23N3OS/c1-10-4-5-13-14(6-10)22-17-15(13)16(18-9-19-17)20-7-11(2)21-12(3)8-20/h9-12H,4-8H2,1-3H3/t10-,11-,12-/m1/s1. The Bertz CT molecular complexity index is 689. The largest absolute Gasteiger partial charge is 0.372 e. The quantitative estimate of drug-likeness (QED) is 0.808. The number of hydrogen-bond donors (Lipinski definition) is 0. The van der Waals surface area contributed by atoms with Crippen LogP contribution in [0.1, 0.15) is 37.6 Å². The van der Waals surface area contributed by atoms with E-state index in [4.69, 9.17) is 4.74 Å². The second kappa shape index (κ2) is 5.46. The molecule has 0 N–H and O–H groups in total. The number of thiophene rings is 1. The van der Waals surface area contributed by atoms with Crippen LogP contribution in [0.5, 0.6) is 0 Å². The predicted octanol–water partition coefficient (Wildman–Crippen LogP) is 3.43. The minimum absolute atomic E-state index is 0.253. The van der Waals surface area contributed by atoms with Crippen molar-refractivity contribution in [3.05, 3.63) is 16.8 Å². The molecule has 0 bridgehead atoms. The van der Waals surface area contributed by atoms with Crippen molar-refractivity contribution < 1.29 is 4.74 Å². The lowest BCUT2D eigenvalue weighted by molar-refractivity contribution is -0.00537. The molecule has 0 amide bonds. The molecule has 1 fully saturated rings. The summed E-state index contributed by atoms with van der Waals surface area (Å²) >= 11 is 1.87. The average Bonchev–Trinajstić information content (AvgIpc) is 2.83. The van der Waals surface area contributed by atoms with Gasteiger partial charge in [0.2, 0.25) is 0 Å². The molecule has 0 radical (unpaired) electrons. The molecule has 0 unspecified atom stereocenters. The molecular formula is C17H23N3OS. The molecule has 4 rings (SSSR count). The lowest BCUT2D eigenvalue weighted by atomic mass is 9.89. The fourth-order valence-electron chi connectivity index (χ4n) is 3.85. The van der Waals surface area contributed by atoms with Gasteiger partial charge in [0.05, 0.1) is 17.6 Å². The summed E-state index contributed by atoms with van der Waals surface area (Å²) in [4.78, 5) is 14.3. The normalized spacial score (nSPS) is 28.9.